The molecule has 0 aliphatic rings. The second-order valence-corrected chi connectivity index (χ2v) is 8.87. The van der Waals surface area contributed by atoms with Gasteiger partial charge in [0.15, 0.2) is 0 Å². The average molecular weight is 438 g/mol. The van der Waals surface area contributed by atoms with Crippen molar-refractivity contribution in [2.45, 2.75) is 46.8 Å². The fourth-order valence-electron chi connectivity index (χ4n) is 3.03. The summed E-state index contributed by atoms with van der Waals surface area (Å²) in [5.41, 5.74) is 1.44. The van der Waals surface area contributed by atoms with E-state index < -0.39 is 10.1 Å². The van der Waals surface area contributed by atoms with Crippen LogP contribution in [0.5, 0.6) is 5.75 Å². The maximum Gasteiger partial charge on any atom is 0.318 e. The van der Waals surface area contributed by atoms with Crippen LogP contribution < -0.4 is 14.4 Å². The Morgan fingerprint density at radius 3 is 2.40 bits per heavy atom. The van der Waals surface area contributed by atoms with Crippen LogP contribution in [0.3, 0.4) is 0 Å². The minimum atomic E-state index is -3.74. The summed E-state index contributed by atoms with van der Waals surface area (Å²) in [6, 6.07) is 8.62. The van der Waals surface area contributed by atoms with Gasteiger partial charge in [-0.25, -0.2) is 4.79 Å². The van der Waals surface area contributed by atoms with Gasteiger partial charge >= 0.3 is 16.1 Å². The summed E-state index contributed by atoms with van der Waals surface area (Å²) in [4.78, 5) is 16.4. The van der Waals surface area contributed by atoms with E-state index in [-0.39, 0.29) is 30.9 Å². The molecule has 30 heavy (non-hydrogen) atoms. The molecule has 8 nitrogen and oxygen atoms in total. The highest BCUT2D eigenvalue weighted by atomic mass is 32.2. The maximum atomic E-state index is 12.8. The molecule has 0 spiro atoms. The van der Waals surface area contributed by atoms with Gasteiger partial charge in [-0.2, -0.15) is 8.42 Å². The monoisotopic (exact) mass is 437 g/mol. The molecule has 2 aromatic rings. The largest absolute Gasteiger partial charge is 0.467 e. The van der Waals surface area contributed by atoms with Gasteiger partial charge in [0.1, 0.15) is 11.5 Å². The Morgan fingerprint density at radius 1 is 1.17 bits per heavy atom. The second kappa shape index (κ2) is 10.4. The number of furan rings is 1. The number of hydrogen-bond acceptors (Lipinski definition) is 6. The summed E-state index contributed by atoms with van der Waals surface area (Å²) in [5, 5.41) is 2.87. The zero-order chi connectivity index (χ0) is 22.3. The lowest BCUT2D eigenvalue weighted by Gasteiger charge is -2.26. The third kappa shape index (κ3) is 6.98. The highest BCUT2D eigenvalue weighted by molar-refractivity contribution is 7.86. The Labute approximate surface area is 178 Å². The average Bonchev–Trinajstić information content (AvgIpc) is 3.15. The molecule has 166 valence electrons. The first kappa shape index (κ1) is 23.6. The third-order valence-electron chi connectivity index (χ3n) is 4.41. The van der Waals surface area contributed by atoms with Gasteiger partial charge in [-0.05, 0) is 45.9 Å². The van der Waals surface area contributed by atoms with Crippen LogP contribution in [0.4, 0.5) is 10.5 Å². The predicted octanol–water partition coefficient (Wildman–Crippen LogP) is 3.58. The van der Waals surface area contributed by atoms with Crippen LogP contribution in [-0.4, -0.2) is 44.7 Å². The zero-order valence-electron chi connectivity index (χ0n) is 18.2. The summed E-state index contributed by atoms with van der Waals surface area (Å²) >= 11 is 0. The number of rotatable bonds is 10. The molecule has 1 aromatic carbocycles. The summed E-state index contributed by atoms with van der Waals surface area (Å²) in [6.45, 7) is 9.74. The lowest BCUT2D eigenvalue weighted by Crippen LogP contribution is -2.42. The molecule has 0 aliphatic carbocycles. The topological polar surface area (TPSA) is 92.1 Å². The molecule has 1 heterocycles. The van der Waals surface area contributed by atoms with Crippen LogP contribution in [0.2, 0.25) is 0 Å². The van der Waals surface area contributed by atoms with E-state index >= 15 is 0 Å². The van der Waals surface area contributed by atoms with Crippen LogP contribution in [0.25, 0.3) is 0 Å². The van der Waals surface area contributed by atoms with Crippen LogP contribution in [0, 0.1) is 0 Å². The van der Waals surface area contributed by atoms with Gasteiger partial charge in [0.05, 0.1) is 25.6 Å². The number of hydrogen-bond donors (Lipinski definition) is 1. The van der Waals surface area contributed by atoms with E-state index in [0.717, 1.165) is 25.0 Å². The number of carbonyl (C=O) groups excluding carboxylic acids is 1. The Bertz CT molecular complexity index is 922. The Kier molecular flexibility index (Phi) is 8.16. The third-order valence-corrected chi connectivity index (χ3v) is 4.89. The molecular weight excluding hydrogens is 406 g/mol. The minimum absolute atomic E-state index is 0.0478. The molecule has 2 amide bonds. The van der Waals surface area contributed by atoms with E-state index in [1.165, 1.54) is 0 Å². The van der Waals surface area contributed by atoms with Gasteiger partial charge in [0.25, 0.3) is 0 Å². The number of carbonyl (C=O) groups is 1. The second-order valence-electron chi connectivity index (χ2n) is 7.29. The molecule has 0 aliphatic heterocycles. The quantitative estimate of drug-likeness (QED) is 0.571. The fraction of sp³-hybridized carbons (Fsp3) is 0.476. The molecule has 0 fully saturated rings. The van der Waals surface area contributed by atoms with Gasteiger partial charge in [0, 0.05) is 36.4 Å². The Balaban J connectivity index is 2.39. The Hall–Kier alpha value is -2.68. The molecule has 1 aromatic heterocycles. The smallest absolute Gasteiger partial charge is 0.318 e. The number of amides is 2. The number of benzene rings is 1. The summed E-state index contributed by atoms with van der Waals surface area (Å²) < 4.78 is 34.4. The summed E-state index contributed by atoms with van der Waals surface area (Å²) in [7, 11) is -3.74. The molecule has 2 rings (SSSR count). The molecular formula is C21H31N3O5S. The van der Waals surface area contributed by atoms with E-state index in [4.69, 9.17) is 8.60 Å². The van der Waals surface area contributed by atoms with Gasteiger partial charge in [-0.3, -0.25) is 0 Å². The molecule has 0 bridgehead atoms. The van der Waals surface area contributed by atoms with Crippen molar-refractivity contribution in [1.29, 1.82) is 0 Å². The molecule has 0 saturated heterocycles. The lowest BCUT2D eigenvalue weighted by atomic mass is 10.1. The van der Waals surface area contributed by atoms with Crippen molar-refractivity contribution >= 4 is 21.8 Å². The number of nitrogens with zero attached hydrogens (tertiary/aromatic N) is 2. The van der Waals surface area contributed by atoms with E-state index in [1.807, 2.05) is 33.8 Å². The van der Waals surface area contributed by atoms with Crippen molar-refractivity contribution < 1.29 is 21.8 Å². The highest BCUT2D eigenvalue weighted by Crippen LogP contribution is 2.28. The van der Waals surface area contributed by atoms with Gasteiger partial charge < -0.3 is 23.7 Å². The zero-order valence-corrected chi connectivity index (χ0v) is 19.0. The van der Waals surface area contributed by atoms with Crippen molar-refractivity contribution in [3.63, 3.8) is 0 Å². The van der Waals surface area contributed by atoms with Crippen molar-refractivity contribution in [2.75, 3.05) is 24.2 Å². The summed E-state index contributed by atoms with van der Waals surface area (Å²) in [6.07, 6.45) is 2.55. The first-order valence-electron chi connectivity index (χ1n) is 9.98. The van der Waals surface area contributed by atoms with Gasteiger partial charge in [-0.15, -0.1) is 0 Å². The van der Waals surface area contributed by atoms with Crippen LogP contribution in [0.15, 0.2) is 41.0 Å². The molecule has 9 heteroatoms. The normalized spacial score (nSPS) is 11.4. The molecule has 0 saturated carbocycles. The van der Waals surface area contributed by atoms with Crippen molar-refractivity contribution in [2.24, 2.45) is 0 Å². The van der Waals surface area contributed by atoms with E-state index in [0.29, 0.717) is 11.3 Å². The lowest BCUT2D eigenvalue weighted by molar-refractivity contribution is 0.184. The Morgan fingerprint density at radius 2 is 1.87 bits per heavy atom. The first-order valence-corrected chi connectivity index (χ1v) is 11.8. The fourth-order valence-corrected chi connectivity index (χ4v) is 3.52. The van der Waals surface area contributed by atoms with Crippen molar-refractivity contribution in [3.05, 3.63) is 47.9 Å². The predicted molar refractivity (Wildman–Crippen MR) is 117 cm³/mol. The van der Waals surface area contributed by atoms with Crippen molar-refractivity contribution in [3.8, 4) is 5.75 Å². The van der Waals surface area contributed by atoms with Crippen LogP contribution in [-0.2, 0) is 23.2 Å². The van der Waals surface area contributed by atoms with Crippen LogP contribution >= 0.6 is 0 Å². The SMILES string of the molecule is CCN(CC)c1ccc(CN(Cc2ccco2)C(=O)NC(C)C)c(OS(C)(=O)=O)c1. The minimum Gasteiger partial charge on any atom is -0.467 e. The van der Waals surface area contributed by atoms with E-state index in [1.54, 1.807) is 35.4 Å². The van der Waals surface area contributed by atoms with E-state index in [9.17, 15) is 13.2 Å². The number of nitrogens with one attached hydrogen (secondary N) is 1. The summed E-state index contributed by atoms with van der Waals surface area (Å²) in [5.74, 6) is 0.836. The first-order chi connectivity index (χ1) is 14.1. The van der Waals surface area contributed by atoms with Gasteiger partial charge in [-0.1, -0.05) is 6.07 Å². The molecule has 0 atom stereocenters. The molecule has 0 radical (unpaired) electrons. The van der Waals surface area contributed by atoms with Gasteiger partial charge in [0.2, 0.25) is 0 Å². The molecule has 0 unspecified atom stereocenters. The van der Waals surface area contributed by atoms with E-state index in [2.05, 4.69) is 10.2 Å². The number of urea groups is 1. The molecule has 1 N–H and O–H groups in total. The van der Waals surface area contributed by atoms with Crippen LogP contribution in [0.1, 0.15) is 39.0 Å². The standard InChI is InChI=1S/C21H31N3O5S/c1-6-23(7-2)18-11-10-17(20(13-18)29-30(5,26)27)14-24(21(25)22-16(3)4)15-19-9-8-12-28-19/h8-13,16H,6-7,14-15H2,1-5H3,(H,22,25). The maximum absolute atomic E-state index is 12.8. The highest BCUT2D eigenvalue weighted by Gasteiger charge is 2.21. The number of anilines is 1. The van der Waals surface area contributed by atoms with Crippen molar-refractivity contribution in [1.82, 2.24) is 10.2 Å².